The fraction of sp³-hybridized carbons (Fsp3) is 0.136. The molecular formula is C44H37N5O2. The van der Waals surface area contributed by atoms with Gasteiger partial charge in [-0.05, 0) is 89.7 Å². The molecule has 0 aliphatic carbocycles. The minimum Gasteiger partial charge on any atom is -0.457 e. The maximum atomic E-state index is 6.73. The number of hydrogen-bond acceptors (Lipinski definition) is 6. The third-order valence-corrected chi connectivity index (χ3v) is 9.07. The molecule has 0 radical (unpaired) electrons. The molecule has 4 heterocycles. The van der Waals surface area contributed by atoms with Crippen LogP contribution in [-0.2, 0) is 0 Å². The van der Waals surface area contributed by atoms with Crippen LogP contribution in [0.3, 0.4) is 0 Å². The average Bonchev–Trinajstić information content (AvgIpc) is 3.47. The molecule has 0 saturated heterocycles. The third-order valence-electron chi connectivity index (χ3n) is 9.07. The predicted octanol–water partition coefficient (Wildman–Crippen LogP) is 11.5. The minimum atomic E-state index is 0.202. The van der Waals surface area contributed by atoms with E-state index in [4.69, 9.17) is 19.4 Å². The first-order valence-corrected chi connectivity index (χ1v) is 17.2. The zero-order valence-corrected chi connectivity index (χ0v) is 29.0. The van der Waals surface area contributed by atoms with Crippen molar-refractivity contribution >= 4 is 21.8 Å². The first kappa shape index (κ1) is 31.9. The third kappa shape index (κ3) is 6.30. The Morgan fingerprint density at radius 1 is 0.471 bits per heavy atom. The van der Waals surface area contributed by atoms with Crippen LogP contribution in [0.1, 0.15) is 50.7 Å². The highest BCUT2D eigenvalue weighted by Gasteiger charge is 2.22. The van der Waals surface area contributed by atoms with Gasteiger partial charge in [0.2, 0.25) is 5.95 Å². The summed E-state index contributed by atoms with van der Waals surface area (Å²) in [6, 6.07) is 38.6. The highest BCUT2D eigenvalue weighted by Crippen LogP contribution is 2.43. The first-order chi connectivity index (χ1) is 24.9. The molecule has 4 aromatic heterocycles. The Labute approximate surface area is 297 Å². The molecule has 4 aromatic carbocycles. The van der Waals surface area contributed by atoms with Crippen LogP contribution >= 0.6 is 0 Å². The fourth-order valence-electron chi connectivity index (χ4n) is 6.56. The van der Waals surface area contributed by atoms with E-state index in [0.717, 1.165) is 78.4 Å². The summed E-state index contributed by atoms with van der Waals surface area (Å²) >= 11 is 0. The smallest absolute Gasteiger partial charge is 0.234 e. The summed E-state index contributed by atoms with van der Waals surface area (Å²) in [6.07, 6.45) is 7.15. The molecule has 250 valence electrons. The summed E-state index contributed by atoms with van der Waals surface area (Å²) in [5.41, 5.74) is 7.88. The van der Waals surface area contributed by atoms with Gasteiger partial charge in [0.1, 0.15) is 23.0 Å². The summed E-state index contributed by atoms with van der Waals surface area (Å²) < 4.78 is 15.6. The molecule has 0 bridgehead atoms. The number of ether oxygens (including phenoxy) is 2. The van der Waals surface area contributed by atoms with Crippen molar-refractivity contribution in [1.82, 2.24) is 24.5 Å². The number of hydrogen-bond donors (Lipinski definition) is 0. The van der Waals surface area contributed by atoms with Gasteiger partial charge in [-0.2, -0.15) is 0 Å². The van der Waals surface area contributed by atoms with E-state index in [1.54, 1.807) is 24.8 Å². The monoisotopic (exact) mass is 667 g/mol. The van der Waals surface area contributed by atoms with Crippen molar-refractivity contribution in [3.63, 3.8) is 0 Å². The second kappa shape index (κ2) is 13.5. The van der Waals surface area contributed by atoms with Crippen molar-refractivity contribution in [2.45, 2.75) is 39.5 Å². The Morgan fingerprint density at radius 3 is 1.37 bits per heavy atom. The van der Waals surface area contributed by atoms with E-state index in [2.05, 4.69) is 66.5 Å². The maximum Gasteiger partial charge on any atom is 0.234 e. The van der Waals surface area contributed by atoms with E-state index in [-0.39, 0.29) is 11.8 Å². The van der Waals surface area contributed by atoms with Crippen molar-refractivity contribution < 1.29 is 9.47 Å². The Balaban J connectivity index is 1.30. The largest absolute Gasteiger partial charge is 0.457 e. The van der Waals surface area contributed by atoms with Crippen molar-refractivity contribution in [1.29, 1.82) is 0 Å². The molecule has 7 nitrogen and oxygen atoms in total. The second-order valence-electron chi connectivity index (χ2n) is 13.2. The van der Waals surface area contributed by atoms with Gasteiger partial charge in [0.05, 0.1) is 22.4 Å². The van der Waals surface area contributed by atoms with E-state index in [1.165, 1.54) is 0 Å². The van der Waals surface area contributed by atoms with Gasteiger partial charge in [0.15, 0.2) is 0 Å². The van der Waals surface area contributed by atoms with Crippen LogP contribution in [0, 0.1) is 0 Å². The molecule has 0 saturated carbocycles. The Bertz CT molecular complexity index is 2320. The summed E-state index contributed by atoms with van der Waals surface area (Å²) in [5.74, 6) is 4.01. The normalized spacial score (nSPS) is 11.5. The fourth-order valence-corrected chi connectivity index (χ4v) is 6.56. The van der Waals surface area contributed by atoms with Gasteiger partial charge in [-0.25, -0.2) is 9.97 Å². The van der Waals surface area contributed by atoms with Crippen molar-refractivity contribution in [3.8, 4) is 51.5 Å². The molecule has 0 aliphatic rings. The molecule has 8 aromatic rings. The van der Waals surface area contributed by atoms with Crippen molar-refractivity contribution in [2.75, 3.05) is 0 Å². The van der Waals surface area contributed by atoms with E-state index in [0.29, 0.717) is 5.95 Å². The van der Waals surface area contributed by atoms with Crippen LogP contribution in [0.15, 0.2) is 140 Å². The average molecular weight is 668 g/mol. The lowest BCUT2D eigenvalue weighted by Crippen LogP contribution is -2.01. The maximum absolute atomic E-state index is 6.73. The van der Waals surface area contributed by atoms with Gasteiger partial charge in [-0.1, -0.05) is 64.1 Å². The first-order valence-electron chi connectivity index (χ1n) is 17.2. The number of nitrogens with zero attached hydrogens (tertiary/aromatic N) is 5. The van der Waals surface area contributed by atoms with Gasteiger partial charge in [0, 0.05) is 58.8 Å². The lowest BCUT2D eigenvalue weighted by Gasteiger charge is -2.16. The summed E-state index contributed by atoms with van der Waals surface area (Å²) in [4.78, 5) is 18.5. The van der Waals surface area contributed by atoms with Crippen LogP contribution < -0.4 is 9.47 Å². The van der Waals surface area contributed by atoms with Crippen molar-refractivity contribution in [3.05, 3.63) is 151 Å². The van der Waals surface area contributed by atoms with E-state index in [9.17, 15) is 0 Å². The van der Waals surface area contributed by atoms with E-state index >= 15 is 0 Å². The predicted molar refractivity (Wildman–Crippen MR) is 204 cm³/mol. The molecule has 0 unspecified atom stereocenters. The molecule has 0 fully saturated rings. The van der Waals surface area contributed by atoms with Crippen molar-refractivity contribution in [2.24, 2.45) is 0 Å². The Morgan fingerprint density at radius 2 is 0.941 bits per heavy atom. The van der Waals surface area contributed by atoms with Crippen LogP contribution in [-0.4, -0.2) is 24.5 Å². The Kier molecular flexibility index (Phi) is 8.46. The van der Waals surface area contributed by atoms with Crippen LogP contribution in [0.25, 0.3) is 50.3 Å². The van der Waals surface area contributed by atoms with Crippen LogP contribution in [0.4, 0.5) is 0 Å². The van der Waals surface area contributed by atoms with E-state index < -0.39 is 0 Å². The lowest BCUT2D eigenvalue weighted by atomic mass is 9.96. The summed E-state index contributed by atoms with van der Waals surface area (Å²) in [6.45, 7) is 8.79. The molecule has 0 amide bonds. The topological polar surface area (TPSA) is 75.0 Å². The molecule has 0 atom stereocenters. The lowest BCUT2D eigenvalue weighted by molar-refractivity contribution is 0.474. The van der Waals surface area contributed by atoms with Gasteiger partial charge in [0.25, 0.3) is 0 Å². The molecule has 7 heteroatoms. The molecule has 0 spiro atoms. The minimum absolute atomic E-state index is 0.202. The number of rotatable bonds is 9. The zero-order valence-electron chi connectivity index (χ0n) is 29.0. The standard InChI is InChI=1S/C44H37N5O2/c1-28(2)34-24-36-37-25-35(29(3)4)43(51-33-15-10-13-31(23-33)39-17-6-8-19-46-39)27-41(37)49(44-47-20-11-21-48-44)40(36)26-42(34)50-32-14-9-12-30(22-32)38-16-5-7-18-45-38/h5-29H,1-4H3. The molecule has 8 rings (SSSR count). The van der Waals surface area contributed by atoms with Gasteiger partial charge >= 0.3 is 0 Å². The van der Waals surface area contributed by atoms with Gasteiger partial charge in [-0.15, -0.1) is 0 Å². The quantitative estimate of drug-likeness (QED) is 0.152. The zero-order chi connectivity index (χ0) is 34.9. The highest BCUT2D eigenvalue weighted by atomic mass is 16.5. The highest BCUT2D eigenvalue weighted by molar-refractivity contribution is 6.10. The molecule has 0 N–H and O–H groups in total. The summed E-state index contributed by atoms with van der Waals surface area (Å²) in [5, 5.41) is 2.20. The summed E-state index contributed by atoms with van der Waals surface area (Å²) in [7, 11) is 0. The van der Waals surface area contributed by atoms with Gasteiger partial charge in [-0.3, -0.25) is 14.5 Å². The van der Waals surface area contributed by atoms with Crippen LogP contribution in [0.2, 0.25) is 0 Å². The number of benzene rings is 4. The number of fused-ring (bicyclic) bond motifs is 3. The number of aromatic nitrogens is 5. The SMILES string of the molecule is CC(C)c1cc2c3cc(C(C)C)c(Oc4cccc(-c5ccccn5)c4)cc3n(-c3ncccn3)c2cc1Oc1cccc(-c2ccccn2)c1. The molecule has 0 aliphatic heterocycles. The van der Waals surface area contributed by atoms with Gasteiger partial charge < -0.3 is 9.47 Å². The number of pyridine rings is 2. The van der Waals surface area contributed by atoms with E-state index in [1.807, 2.05) is 91.0 Å². The second-order valence-corrected chi connectivity index (χ2v) is 13.2. The molecule has 51 heavy (non-hydrogen) atoms. The van der Waals surface area contributed by atoms with Crippen LogP contribution in [0.5, 0.6) is 23.0 Å². The molecular weight excluding hydrogens is 631 g/mol. The Hall–Kier alpha value is -6.34.